The van der Waals surface area contributed by atoms with E-state index >= 15 is 0 Å². The molecule has 0 heterocycles. The van der Waals surface area contributed by atoms with Gasteiger partial charge >= 0.3 is 0 Å². The first-order chi connectivity index (χ1) is 6.41. The Hall–Kier alpha value is -0.235. The molecule has 0 saturated carbocycles. The fourth-order valence-electron chi connectivity index (χ4n) is 1.19. The van der Waals surface area contributed by atoms with E-state index in [4.69, 9.17) is 4.74 Å². The van der Waals surface area contributed by atoms with Crippen molar-refractivity contribution in [1.29, 1.82) is 0 Å². The lowest BCUT2D eigenvalue weighted by molar-refractivity contribution is 0.143. The number of hydrogen-bond donors (Lipinski definition) is 0. The van der Waals surface area contributed by atoms with Crippen molar-refractivity contribution >= 4 is 7.28 Å². The second-order valence-electron chi connectivity index (χ2n) is 3.20. The molecule has 0 aromatic rings. The lowest BCUT2D eigenvalue weighted by atomic mass is 9.69. The van der Waals surface area contributed by atoms with E-state index in [0.717, 1.165) is 19.6 Å². The number of allylic oxidation sites excluding steroid dienone is 1. The highest BCUT2D eigenvalue weighted by atomic mass is 16.5. The smallest absolute Gasteiger partial charge is 0.109 e. The molecule has 0 rings (SSSR count). The third-order valence-electron chi connectivity index (χ3n) is 1.98. The van der Waals surface area contributed by atoms with Gasteiger partial charge in [-0.3, -0.25) is 0 Å². The minimum absolute atomic E-state index is 0.853. The van der Waals surface area contributed by atoms with Crippen LogP contribution in [-0.4, -0.2) is 20.5 Å². The van der Waals surface area contributed by atoms with Crippen molar-refractivity contribution in [3.05, 3.63) is 12.7 Å². The van der Waals surface area contributed by atoms with E-state index in [2.05, 4.69) is 13.9 Å². The van der Waals surface area contributed by atoms with Gasteiger partial charge in [-0.25, -0.2) is 0 Å². The van der Waals surface area contributed by atoms with Crippen LogP contribution < -0.4 is 0 Å². The zero-order valence-electron chi connectivity index (χ0n) is 8.93. The summed E-state index contributed by atoms with van der Waals surface area (Å²) in [5.74, 6) is 0. The van der Waals surface area contributed by atoms with Gasteiger partial charge in [-0.1, -0.05) is 31.6 Å². The first-order valence-corrected chi connectivity index (χ1v) is 5.42. The van der Waals surface area contributed by atoms with Crippen molar-refractivity contribution in [3.63, 3.8) is 0 Å². The summed E-state index contributed by atoms with van der Waals surface area (Å²) in [6.45, 7) is 7.52. The predicted molar refractivity (Wildman–Crippen MR) is 60.5 cm³/mol. The topological polar surface area (TPSA) is 9.23 Å². The molecule has 0 saturated heterocycles. The van der Waals surface area contributed by atoms with Gasteiger partial charge in [0, 0.05) is 13.2 Å². The van der Waals surface area contributed by atoms with Crippen LogP contribution >= 0.6 is 0 Å². The second kappa shape index (κ2) is 11.8. The van der Waals surface area contributed by atoms with Gasteiger partial charge in [0.2, 0.25) is 0 Å². The molecular weight excluding hydrogens is 159 g/mol. The molecule has 0 aromatic carbocycles. The average molecular weight is 181 g/mol. The van der Waals surface area contributed by atoms with E-state index in [1.54, 1.807) is 0 Å². The van der Waals surface area contributed by atoms with E-state index < -0.39 is 0 Å². The third kappa shape index (κ3) is 11.8. The number of hydrogen-bond acceptors (Lipinski definition) is 1. The molecule has 0 atom stereocenters. The average Bonchev–Trinajstić information content (AvgIpc) is 2.16. The second-order valence-corrected chi connectivity index (χ2v) is 3.20. The van der Waals surface area contributed by atoms with Crippen LogP contribution in [0.3, 0.4) is 0 Å². The molecule has 0 bridgehead atoms. The molecule has 0 N–H and O–H groups in total. The van der Waals surface area contributed by atoms with E-state index in [0.29, 0.717) is 0 Å². The minimum atomic E-state index is 0.853. The highest BCUT2D eigenvalue weighted by Gasteiger charge is 1.91. The van der Waals surface area contributed by atoms with Crippen molar-refractivity contribution in [1.82, 2.24) is 0 Å². The minimum Gasteiger partial charge on any atom is -0.382 e. The van der Waals surface area contributed by atoms with Crippen LogP contribution in [0.5, 0.6) is 0 Å². The number of unbranched alkanes of at least 4 members (excludes halogenated alkanes) is 2. The fraction of sp³-hybridized carbons (Fsp3) is 0.818. The summed E-state index contributed by atoms with van der Waals surface area (Å²) in [5.41, 5.74) is 0. The van der Waals surface area contributed by atoms with Gasteiger partial charge < -0.3 is 4.74 Å². The highest BCUT2D eigenvalue weighted by Crippen LogP contribution is 2.02. The Kier molecular flexibility index (Phi) is 11.6. The van der Waals surface area contributed by atoms with E-state index in [-0.39, 0.29) is 0 Å². The first-order valence-electron chi connectivity index (χ1n) is 5.42. The van der Waals surface area contributed by atoms with Gasteiger partial charge in [0.05, 0.1) is 0 Å². The quantitative estimate of drug-likeness (QED) is 0.285. The summed E-state index contributed by atoms with van der Waals surface area (Å²) in [7, 11) is 2.36. The SMILES string of the molecule is C=CCC[B]CCCCCOCC. The molecule has 0 unspecified atom stereocenters. The number of rotatable bonds is 10. The van der Waals surface area contributed by atoms with Crippen LogP contribution in [0.4, 0.5) is 0 Å². The molecule has 13 heavy (non-hydrogen) atoms. The van der Waals surface area contributed by atoms with Crippen molar-refractivity contribution < 1.29 is 4.74 Å². The van der Waals surface area contributed by atoms with Crippen molar-refractivity contribution in [2.24, 2.45) is 0 Å². The Morgan fingerprint density at radius 1 is 1.23 bits per heavy atom. The Morgan fingerprint density at radius 2 is 2.08 bits per heavy atom. The molecule has 1 nitrogen and oxygen atoms in total. The third-order valence-corrected chi connectivity index (χ3v) is 1.98. The van der Waals surface area contributed by atoms with Crippen LogP contribution in [0.15, 0.2) is 12.7 Å². The van der Waals surface area contributed by atoms with E-state index in [1.165, 1.54) is 31.9 Å². The molecule has 2 heteroatoms. The Balaban J connectivity index is 2.79. The molecule has 0 amide bonds. The van der Waals surface area contributed by atoms with Crippen molar-refractivity contribution in [3.8, 4) is 0 Å². The summed E-state index contributed by atoms with van der Waals surface area (Å²) < 4.78 is 5.26. The molecule has 0 aliphatic heterocycles. The van der Waals surface area contributed by atoms with Crippen molar-refractivity contribution in [2.45, 2.75) is 45.2 Å². The zero-order chi connectivity index (χ0) is 9.78. The lowest BCUT2D eigenvalue weighted by Gasteiger charge is -2.00. The molecule has 0 spiro atoms. The Labute approximate surface area is 83.8 Å². The van der Waals surface area contributed by atoms with Gasteiger partial charge in [0.1, 0.15) is 7.28 Å². The van der Waals surface area contributed by atoms with Gasteiger partial charge in [0.15, 0.2) is 0 Å². The molecule has 0 aliphatic rings. The summed E-state index contributed by atoms with van der Waals surface area (Å²) >= 11 is 0. The molecule has 0 aliphatic carbocycles. The van der Waals surface area contributed by atoms with Crippen LogP contribution in [0.2, 0.25) is 12.6 Å². The summed E-state index contributed by atoms with van der Waals surface area (Å²) in [5, 5.41) is 0. The summed E-state index contributed by atoms with van der Waals surface area (Å²) in [4.78, 5) is 0. The summed E-state index contributed by atoms with van der Waals surface area (Å²) in [6, 6.07) is 0. The maximum absolute atomic E-state index is 5.26. The first kappa shape index (κ1) is 12.8. The summed E-state index contributed by atoms with van der Waals surface area (Å²) in [6.07, 6.45) is 9.36. The van der Waals surface area contributed by atoms with E-state index in [9.17, 15) is 0 Å². The maximum Gasteiger partial charge on any atom is 0.109 e. The van der Waals surface area contributed by atoms with Crippen LogP contribution in [0.25, 0.3) is 0 Å². The van der Waals surface area contributed by atoms with E-state index in [1.807, 2.05) is 13.0 Å². The van der Waals surface area contributed by atoms with Gasteiger partial charge in [-0.05, 0) is 19.8 Å². The Bertz CT molecular complexity index is 104. The monoisotopic (exact) mass is 181 g/mol. The largest absolute Gasteiger partial charge is 0.382 e. The molecule has 0 aromatic heterocycles. The van der Waals surface area contributed by atoms with Gasteiger partial charge in [-0.2, -0.15) is 0 Å². The van der Waals surface area contributed by atoms with Crippen LogP contribution in [0, 0.1) is 0 Å². The Morgan fingerprint density at radius 3 is 2.77 bits per heavy atom. The molecule has 1 radical (unpaired) electrons. The molecule has 75 valence electrons. The van der Waals surface area contributed by atoms with Crippen LogP contribution in [0.1, 0.15) is 32.6 Å². The van der Waals surface area contributed by atoms with Crippen LogP contribution in [-0.2, 0) is 4.74 Å². The number of ether oxygens (including phenoxy) is 1. The predicted octanol–water partition coefficient (Wildman–Crippen LogP) is 3.31. The van der Waals surface area contributed by atoms with Crippen molar-refractivity contribution in [2.75, 3.05) is 13.2 Å². The fourth-order valence-corrected chi connectivity index (χ4v) is 1.19. The molecule has 0 fully saturated rings. The molecular formula is C11H22BO. The van der Waals surface area contributed by atoms with Gasteiger partial charge in [0.25, 0.3) is 0 Å². The standard InChI is InChI=1S/C11H22BO/c1-3-5-9-12-10-7-6-8-11-13-4-2/h3H,1,4-11H2,2H3. The lowest BCUT2D eigenvalue weighted by Crippen LogP contribution is -1.94. The van der Waals surface area contributed by atoms with Gasteiger partial charge in [-0.15, -0.1) is 6.58 Å². The maximum atomic E-state index is 5.26. The normalized spacial score (nSPS) is 9.92. The zero-order valence-corrected chi connectivity index (χ0v) is 8.93. The highest BCUT2D eigenvalue weighted by molar-refractivity contribution is 6.35.